The second-order valence-corrected chi connectivity index (χ2v) is 8.37. The Morgan fingerprint density at radius 1 is 1.03 bits per heavy atom. The molecule has 0 spiro atoms. The highest BCUT2D eigenvalue weighted by Gasteiger charge is 2.38. The van der Waals surface area contributed by atoms with E-state index in [-0.39, 0.29) is 18.0 Å². The Labute approximate surface area is 176 Å². The van der Waals surface area contributed by atoms with Crippen LogP contribution in [-0.4, -0.2) is 47.4 Å². The molecule has 160 valence electrons. The van der Waals surface area contributed by atoms with Crippen molar-refractivity contribution in [2.24, 2.45) is 0 Å². The van der Waals surface area contributed by atoms with Crippen molar-refractivity contribution in [3.05, 3.63) is 71.3 Å². The predicted molar refractivity (Wildman–Crippen MR) is 113 cm³/mol. The first kappa shape index (κ1) is 20.9. The Morgan fingerprint density at radius 3 is 2.53 bits per heavy atom. The molecule has 0 saturated carbocycles. The number of amides is 1. The molecule has 2 saturated heterocycles. The third kappa shape index (κ3) is 5.05. The van der Waals surface area contributed by atoms with E-state index in [1.165, 1.54) is 24.1 Å². The highest BCUT2D eigenvalue weighted by molar-refractivity contribution is 5.82. The Kier molecular flexibility index (Phi) is 6.75. The zero-order valence-corrected chi connectivity index (χ0v) is 17.2. The van der Waals surface area contributed by atoms with Crippen molar-refractivity contribution in [1.82, 2.24) is 15.1 Å². The van der Waals surface area contributed by atoms with E-state index in [0.29, 0.717) is 25.1 Å². The largest absolute Gasteiger partial charge is 0.341 e. The van der Waals surface area contributed by atoms with Gasteiger partial charge in [0, 0.05) is 50.4 Å². The molecule has 2 aromatic rings. The molecule has 2 atom stereocenters. The van der Waals surface area contributed by atoms with Crippen molar-refractivity contribution in [3.63, 3.8) is 0 Å². The quantitative estimate of drug-likeness (QED) is 0.784. The van der Waals surface area contributed by atoms with Gasteiger partial charge in [-0.15, -0.1) is 0 Å². The number of rotatable bonds is 6. The minimum Gasteiger partial charge on any atom is -0.341 e. The lowest BCUT2D eigenvalue weighted by Gasteiger charge is -2.32. The lowest BCUT2D eigenvalue weighted by atomic mass is 10.1. The molecular weight excluding hydrogens is 384 g/mol. The molecule has 4 rings (SSSR count). The number of nitrogens with one attached hydrogen (secondary N) is 1. The van der Waals surface area contributed by atoms with Crippen LogP contribution in [0.15, 0.2) is 48.5 Å². The van der Waals surface area contributed by atoms with E-state index < -0.39 is 11.6 Å². The van der Waals surface area contributed by atoms with Crippen LogP contribution in [-0.2, 0) is 17.9 Å². The van der Waals surface area contributed by atoms with Gasteiger partial charge in [-0.25, -0.2) is 8.78 Å². The Hall–Kier alpha value is -2.31. The van der Waals surface area contributed by atoms with Crippen LogP contribution in [0.5, 0.6) is 0 Å². The Balaban J connectivity index is 1.44. The molecule has 4 nitrogen and oxygen atoms in total. The van der Waals surface area contributed by atoms with Crippen LogP contribution < -0.4 is 5.32 Å². The fraction of sp³-hybridized carbons (Fsp3) is 0.458. The fourth-order valence-electron chi connectivity index (χ4n) is 4.55. The molecule has 0 aliphatic carbocycles. The molecule has 1 amide bonds. The number of carbonyl (C=O) groups excluding carboxylic acids is 1. The van der Waals surface area contributed by atoms with Gasteiger partial charge in [0.2, 0.25) is 5.91 Å². The number of piperidine rings is 1. The van der Waals surface area contributed by atoms with E-state index in [1.54, 1.807) is 0 Å². The standard InChI is InChI=1S/C24H29F2N3O/c25-20-10-9-19(22(26)13-20)15-27-21-14-23(24(30)28-11-5-2-6-12-28)29(17-21)16-18-7-3-1-4-8-18/h1,3-4,7-10,13,21,23,27H,2,5-6,11-12,14-17H2/t21-,23-/m0/s1. The second kappa shape index (κ2) is 9.67. The van der Waals surface area contributed by atoms with Gasteiger partial charge in [0.15, 0.2) is 0 Å². The summed E-state index contributed by atoms with van der Waals surface area (Å²) in [6.45, 7) is 3.44. The maximum Gasteiger partial charge on any atom is 0.240 e. The van der Waals surface area contributed by atoms with Crippen molar-refractivity contribution < 1.29 is 13.6 Å². The van der Waals surface area contributed by atoms with Gasteiger partial charge < -0.3 is 10.2 Å². The van der Waals surface area contributed by atoms with Gasteiger partial charge in [-0.3, -0.25) is 9.69 Å². The lowest BCUT2D eigenvalue weighted by Crippen LogP contribution is -2.47. The smallest absolute Gasteiger partial charge is 0.240 e. The monoisotopic (exact) mass is 413 g/mol. The zero-order chi connectivity index (χ0) is 20.9. The van der Waals surface area contributed by atoms with Gasteiger partial charge in [-0.05, 0) is 37.3 Å². The van der Waals surface area contributed by atoms with Gasteiger partial charge in [-0.2, -0.15) is 0 Å². The molecule has 6 heteroatoms. The van der Waals surface area contributed by atoms with E-state index >= 15 is 0 Å². The van der Waals surface area contributed by atoms with Gasteiger partial charge in [-0.1, -0.05) is 36.4 Å². The maximum atomic E-state index is 14.0. The highest BCUT2D eigenvalue weighted by atomic mass is 19.1. The number of hydrogen-bond donors (Lipinski definition) is 1. The molecule has 0 bridgehead atoms. The summed E-state index contributed by atoms with van der Waals surface area (Å²) in [5.74, 6) is -0.899. The number of halogens is 2. The molecular formula is C24H29F2N3O. The number of likely N-dealkylation sites (tertiary alicyclic amines) is 2. The number of hydrogen-bond acceptors (Lipinski definition) is 3. The van der Waals surface area contributed by atoms with Crippen LogP contribution in [0.2, 0.25) is 0 Å². The lowest BCUT2D eigenvalue weighted by molar-refractivity contribution is -0.137. The Bertz CT molecular complexity index is 855. The van der Waals surface area contributed by atoms with E-state index in [0.717, 1.165) is 38.5 Å². The van der Waals surface area contributed by atoms with Crippen LogP contribution in [0.3, 0.4) is 0 Å². The minimum absolute atomic E-state index is 0.0805. The first-order chi connectivity index (χ1) is 14.6. The molecule has 30 heavy (non-hydrogen) atoms. The fourth-order valence-corrected chi connectivity index (χ4v) is 4.55. The average molecular weight is 414 g/mol. The van der Waals surface area contributed by atoms with Crippen molar-refractivity contribution in [2.75, 3.05) is 19.6 Å². The molecule has 0 aromatic heterocycles. The SMILES string of the molecule is O=C([C@@H]1C[C@H](NCc2ccc(F)cc2F)CN1Cc1ccccc1)N1CCCCC1. The van der Waals surface area contributed by atoms with Crippen LogP contribution in [0.4, 0.5) is 8.78 Å². The summed E-state index contributed by atoms with van der Waals surface area (Å²) in [5.41, 5.74) is 1.62. The van der Waals surface area contributed by atoms with Gasteiger partial charge >= 0.3 is 0 Å². The van der Waals surface area contributed by atoms with Crippen molar-refractivity contribution in [3.8, 4) is 0 Å². The summed E-state index contributed by atoms with van der Waals surface area (Å²) in [5, 5.41) is 3.39. The Morgan fingerprint density at radius 2 is 1.80 bits per heavy atom. The van der Waals surface area contributed by atoms with Gasteiger partial charge in [0.1, 0.15) is 11.6 Å². The summed E-state index contributed by atoms with van der Waals surface area (Å²) in [7, 11) is 0. The van der Waals surface area contributed by atoms with Crippen LogP contribution in [0.25, 0.3) is 0 Å². The van der Waals surface area contributed by atoms with E-state index in [1.807, 2.05) is 23.1 Å². The van der Waals surface area contributed by atoms with Crippen molar-refractivity contribution >= 4 is 5.91 Å². The summed E-state index contributed by atoms with van der Waals surface area (Å²) < 4.78 is 27.1. The minimum atomic E-state index is -0.571. The second-order valence-electron chi connectivity index (χ2n) is 8.37. The predicted octanol–water partition coefficient (Wildman–Crippen LogP) is 3.71. The molecule has 1 N–H and O–H groups in total. The molecule has 2 fully saturated rings. The van der Waals surface area contributed by atoms with E-state index in [2.05, 4.69) is 22.3 Å². The third-order valence-electron chi connectivity index (χ3n) is 6.18. The molecule has 2 aliphatic heterocycles. The molecule has 2 heterocycles. The highest BCUT2D eigenvalue weighted by Crippen LogP contribution is 2.24. The van der Waals surface area contributed by atoms with E-state index in [9.17, 15) is 13.6 Å². The van der Waals surface area contributed by atoms with E-state index in [4.69, 9.17) is 0 Å². The number of benzene rings is 2. The van der Waals surface area contributed by atoms with Crippen LogP contribution >= 0.6 is 0 Å². The third-order valence-corrected chi connectivity index (χ3v) is 6.18. The summed E-state index contributed by atoms with van der Waals surface area (Å²) in [6.07, 6.45) is 4.03. The van der Waals surface area contributed by atoms with Crippen molar-refractivity contribution in [2.45, 2.75) is 50.9 Å². The van der Waals surface area contributed by atoms with Crippen molar-refractivity contribution in [1.29, 1.82) is 0 Å². The average Bonchev–Trinajstić information content (AvgIpc) is 3.16. The molecule has 0 unspecified atom stereocenters. The molecule has 2 aliphatic rings. The first-order valence-electron chi connectivity index (χ1n) is 10.8. The zero-order valence-electron chi connectivity index (χ0n) is 17.2. The summed E-state index contributed by atoms with van der Waals surface area (Å²) >= 11 is 0. The summed E-state index contributed by atoms with van der Waals surface area (Å²) in [6, 6.07) is 13.8. The molecule has 2 aromatic carbocycles. The van der Waals surface area contributed by atoms with Gasteiger partial charge in [0.05, 0.1) is 6.04 Å². The first-order valence-corrected chi connectivity index (χ1v) is 10.8. The number of nitrogens with zero attached hydrogens (tertiary/aromatic N) is 2. The molecule has 0 radical (unpaired) electrons. The maximum absolute atomic E-state index is 14.0. The number of carbonyl (C=O) groups is 1. The van der Waals surface area contributed by atoms with Gasteiger partial charge in [0.25, 0.3) is 0 Å². The van der Waals surface area contributed by atoms with Crippen LogP contribution in [0.1, 0.15) is 36.8 Å². The summed E-state index contributed by atoms with van der Waals surface area (Å²) in [4.78, 5) is 17.5. The normalized spacial score (nSPS) is 22.4. The topological polar surface area (TPSA) is 35.6 Å². The van der Waals surface area contributed by atoms with Crippen LogP contribution in [0, 0.1) is 11.6 Å².